The molecule has 1 atom stereocenters. The molecule has 10 nitrogen and oxygen atoms in total. The maximum atomic E-state index is 12.4. The van der Waals surface area contributed by atoms with Crippen molar-refractivity contribution in [2.75, 3.05) is 10.6 Å². The summed E-state index contributed by atoms with van der Waals surface area (Å²) >= 11 is 0. The molecule has 0 aliphatic heterocycles. The Bertz CT molecular complexity index is 1400. The molecule has 38 heavy (non-hydrogen) atoms. The first-order valence-corrected chi connectivity index (χ1v) is 11.8. The van der Waals surface area contributed by atoms with Crippen LogP contribution in [0.25, 0.3) is 11.3 Å². The van der Waals surface area contributed by atoms with Crippen LogP contribution in [0.4, 0.5) is 16.2 Å². The third-order valence-corrected chi connectivity index (χ3v) is 5.48. The smallest absolute Gasteiger partial charge is 0.326 e. The Morgan fingerprint density at radius 1 is 0.842 bits per heavy atom. The molecule has 3 aromatic carbocycles. The third-order valence-electron chi connectivity index (χ3n) is 5.48. The molecule has 1 heterocycles. The van der Waals surface area contributed by atoms with Crippen LogP contribution in [0.3, 0.4) is 0 Å². The van der Waals surface area contributed by atoms with E-state index in [4.69, 9.17) is 9.26 Å². The number of carbonyl (C=O) groups excluding carboxylic acids is 2. The fraction of sp³-hybridized carbons (Fsp3) is 0.143. The van der Waals surface area contributed by atoms with E-state index < -0.39 is 23.9 Å². The SMILES string of the molecule is CC(C)[C@H](NC(=O)c1cc(-c2ccc(NC(=O)Nc3ccc(Oc4ccccc4)cc3)cc2)no1)C(=O)O. The van der Waals surface area contributed by atoms with E-state index in [1.165, 1.54) is 6.07 Å². The molecule has 4 N–H and O–H groups in total. The lowest BCUT2D eigenvalue weighted by molar-refractivity contribution is -0.140. The number of aromatic nitrogens is 1. The van der Waals surface area contributed by atoms with E-state index in [0.717, 1.165) is 5.75 Å². The highest BCUT2D eigenvalue weighted by molar-refractivity contribution is 6.00. The summed E-state index contributed by atoms with van der Waals surface area (Å²) in [6, 6.07) is 23.1. The maximum absolute atomic E-state index is 12.4. The molecule has 0 aliphatic rings. The fourth-order valence-electron chi connectivity index (χ4n) is 3.49. The number of para-hydroxylation sites is 1. The second kappa shape index (κ2) is 11.7. The Kier molecular flexibility index (Phi) is 8.02. The van der Waals surface area contributed by atoms with Crippen molar-refractivity contribution in [1.82, 2.24) is 10.5 Å². The van der Waals surface area contributed by atoms with Gasteiger partial charge in [-0.15, -0.1) is 0 Å². The van der Waals surface area contributed by atoms with Crippen LogP contribution in [0.15, 0.2) is 89.5 Å². The number of carbonyl (C=O) groups is 3. The zero-order valence-electron chi connectivity index (χ0n) is 20.7. The molecular weight excluding hydrogens is 488 g/mol. The number of carboxylic acid groups (broad SMARTS) is 1. The van der Waals surface area contributed by atoms with Gasteiger partial charge in [0.1, 0.15) is 23.2 Å². The minimum absolute atomic E-state index is 0.103. The summed E-state index contributed by atoms with van der Waals surface area (Å²) in [4.78, 5) is 36.1. The normalized spacial score (nSPS) is 11.4. The van der Waals surface area contributed by atoms with Gasteiger partial charge in [-0.3, -0.25) is 4.79 Å². The van der Waals surface area contributed by atoms with Gasteiger partial charge < -0.3 is 30.3 Å². The monoisotopic (exact) mass is 514 g/mol. The molecule has 4 aromatic rings. The van der Waals surface area contributed by atoms with E-state index in [2.05, 4.69) is 21.1 Å². The van der Waals surface area contributed by atoms with Crippen molar-refractivity contribution in [3.05, 3.63) is 90.7 Å². The number of aliphatic carboxylic acids is 1. The van der Waals surface area contributed by atoms with E-state index in [0.29, 0.717) is 28.4 Å². The van der Waals surface area contributed by atoms with Crippen molar-refractivity contribution in [3.63, 3.8) is 0 Å². The van der Waals surface area contributed by atoms with Crippen LogP contribution in [0.1, 0.15) is 24.4 Å². The predicted molar refractivity (Wildman–Crippen MR) is 141 cm³/mol. The average molecular weight is 515 g/mol. The number of rotatable bonds is 9. The Balaban J connectivity index is 1.31. The average Bonchev–Trinajstić information content (AvgIpc) is 3.39. The molecule has 0 saturated heterocycles. The summed E-state index contributed by atoms with van der Waals surface area (Å²) in [5, 5.41) is 21.1. The molecule has 0 spiro atoms. The van der Waals surface area contributed by atoms with Gasteiger partial charge in [-0.1, -0.05) is 49.3 Å². The van der Waals surface area contributed by atoms with Crippen LogP contribution in [-0.2, 0) is 4.79 Å². The van der Waals surface area contributed by atoms with Gasteiger partial charge in [0.25, 0.3) is 5.91 Å². The van der Waals surface area contributed by atoms with E-state index in [9.17, 15) is 19.5 Å². The van der Waals surface area contributed by atoms with Gasteiger partial charge in [-0.2, -0.15) is 0 Å². The number of urea groups is 1. The first-order chi connectivity index (χ1) is 18.3. The van der Waals surface area contributed by atoms with Crippen LogP contribution in [0.5, 0.6) is 11.5 Å². The Morgan fingerprint density at radius 3 is 2.00 bits per heavy atom. The van der Waals surface area contributed by atoms with Crippen molar-refractivity contribution in [3.8, 4) is 22.8 Å². The van der Waals surface area contributed by atoms with Crippen LogP contribution in [0.2, 0.25) is 0 Å². The minimum atomic E-state index is -1.13. The maximum Gasteiger partial charge on any atom is 0.326 e. The molecule has 194 valence electrons. The summed E-state index contributed by atoms with van der Waals surface area (Å²) in [6.45, 7) is 3.39. The summed E-state index contributed by atoms with van der Waals surface area (Å²) in [6.07, 6.45) is 0. The molecule has 10 heteroatoms. The second-order valence-corrected chi connectivity index (χ2v) is 8.71. The molecule has 0 fully saturated rings. The summed E-state index contributed by atoms with van der Waals surface area (Å²) in [5.41, 5.74) is 2.17. The molecule has 3 amide bonds. The number of ether oxygens (including phenoxy) is 1. The van der Waals surface area contributed by atoms with Crippen LogP contribution < -0.4 is 20.7 Å². The van der Waals surface area contributed by atoms with Crippen molar-refractivity contribution in [1.29, 1.82) is 0 Å². The quantitative estimate of drug-likeness (QED) is 0.227. The molecular formula is C28H26N4O6. The molecule has 0 bridgehead atoms. The number of nitrogens with zero attached hydrogens (tertiary/aromatic N) is 1. The molecule has 0 saturated carbocycles. The van der Waals surface area contributed by atoms with Crippen molar-refractivity contribution in [2.24, 2.45) is 5.92 Å². The van der Waals surface area contributed by atoms with Gasteiger partial charge in [-0.05, 0) is 54.4 Å². The number of carboxylic acids is 1. The van der Waals surface area contributed by atoms with E-state index >= 15 is 0 Å². The van der Waals surface area contributed by atoms with Gasteiger partial charge in [0.05, 0.1) is 0 Å². The topological polar surface area (TPSA) is 143 Å². The highest BCUT2D eigenvalue weighted by atomic mass is 16.5. The molecule has 0 radical (unpaired) electrons. The van der Waals surface area contributed by atoms with Gasteiger partial charge in [0.2, 0.25) is 5.76 Å². The number of hydrogen-bond donors (Lipinski definition) is 4. The zero-order valence-corrected chi connectivity index (χ0v) is 20.7. The Morgan fingerprint density at radius 2 is 1.42 bits per heavy atom. The third kappa shape index (κ3) is 6.76. The van der Waals surface area contributed by atoms with Gasteiger partial charge in [-0.25, -0.2) is 9.59 Å². The van der Waals surface area contributed by atoms with E-state index in [1.54, 1.807) is 62.4 Å². The fourth-order valence-corrected chi connectivity index (χ4v) is 3.49. The lowest BCUT2D eigenvalue weighted by atomic mass is 10.0. The second-order valence-electron chi connectivity index (χ2n) is 8.71. The molecule has 0 aliphatic carbocycles. The van der Waals surface area contributed by atoms with Gasteiger partial charge in [0, 0.05) is 23.0 Å². The van der Waals surface area contributed by atoms with Crippen LogP contribution in [-0.4, -0.2) is 34.2 Å². The number of nitrogens with one attached hydrogen (secondary N) is 3. The number of hydrogen-bond acceptors (Lipinski definition) is 6. The number of amides is 3. The Labute approximate surface area is 218 Å². The standard InChI is InChI=1S/C28H26N4O6/c1-17(2)25(27(34)35)31-26(33)24-16-23(32-38-24)18-8-10-19(11-9-18)29-28(36)30-20-12-14-22(15-13-20)37-21-6-4-3-5-7-21/h3-17,25H,1-2H3,(H,31,33)(H,34,35)(H2,29,30,36)/t25-/m0/s1. The van der Waals surface area contributed by atoms with Crippen molar-refractivity contribution < 1.29 is 28.8 Å². The van der Waals surface area contributed by atoms with Crippen molar-refractivity contribution in [2.45, 2.75) is 19.9 Å². The highest BCUT2D eigenvalue weighted by Crippen LogP contribution is 2.24. The van der Waals surface area contributed by atoms with Crippen molar-refractivity contribution >= 4 is 29.3 Å². The minimum Gasteiger partial charge on any atom is -0.480 e. The van der Waals surface area contributed by atoms with Crippen LogP contribution >= 0.6 is 0 Å². The highest BCUT2D eigenvalue weighted by Gasteiger charge is 2.25. The first kappa shape index (κ1) is 26.0. The lowest BCUT2D eigenvalue weighted by Gasteiger charge is -2.16. The van der Waals surface area contributed by atoms with E-state index in [1.807, 2.05) is 30.3 Å². The molecule has 1 aromatic heterocycles. The molecule has 0 unspecified atom stereocenters. The first-order valence-electron chi connectivity index (χ1n) is 11.8. The summed E-state index contributed by atoms with van der Waals surface area (Å²) in [7, 11) is 0. The van der Waals surface area contributed by atoms with E-state index in [-0.39, 0.29) is 11.7 Å². The predicted octanol–water partition coefficient (Wildman–Crippen LogP) is 5.62. The molecule has 4 rings (SSSR count). The van der Waals surface area contributed by atoms with Crippen LogP contribution in [0, 0.1) is 5.92 Å². The lowest BCUT2D eigenvalue weighted by Crippen LogP contribution is -2.44. The summed E-state index contributed by atoms with van der Waals surface area (Å²) in [5.74, 6) is -0.836. The van der Waals surface area contributed by atoms with Gasteiger partial charge in [0.15, 0.2) is 0 Å². The zero-order chi connectivity index (χ0) is 27.1. The number of anilines is 2. The Hall–Kier alpha value is -5.12. The van der Waals surface area contributed by atoms with Gasteiger partial charge >= 0.3 is 12.0 Å². The largest absolute Gasteiger partial charge is 0.480 e. The number of benzene rings is 3. The summed E-state index contributed by atoms with van der Waals surface area (Å²) < 4.78 is 10.8.